The Kier molecular flexibility index (Phi) is 4.35. The van der Waals surface area contributed by atoms with E-state index in [9.17, 15) is 4.79 Å². The van der Waals surface area contributed by atoms with E-state index in [0.717, 1.165) is 18.7 Å². The first-order valence-electron chi connectivity index (χ1n) is 5.55. The van der Waals surface area contributed by atoms with Crippen LogP contribution in [0.4, 0.5) is 5.69 Å². The monoisotopic (exact) mass is 221 g/mol. The van der Waals surface area contributed by atoms with Gasteiger partial charge in [0.15, 0.2) is 0 Å². The van der Waals surface area contributed by atoms with Crippen LogP contribution in [0, 0.1) is 5.92 Å². The molecule has 1 aromatic rings. The Balaban J connectivity index is 2.63. The second-order valence-electron chi connectivity index (χ2n) is 4.46. The van der Waals surface area contributed by atoms with E-state index < -0.39 is 5.97 Å². The lowest BCUT2D eigenvalue weighted by molar-refractivity contribution is 0.0697. The molecule has 1 rings (SSSR count). The topological polar surface area (TPSA) is 40.5 Å². The molecule has 0 amide bonds. The van der Waals surface area contributed by atoms with E-state index in [-0.39, 0.29) is 0 Å². The summed E-state index contributed by atoms with van der Waals surface area (Å²) in [6.07, 6.45) is 1.14. The number of nitrogens with zero attached hydrogens (tertiary/aromatic N) is 1. The predicted molar refractivity (Wildman–Crippen MR) is 66.1 cm³/mol. The van der Waals surface area contributed by atoms with Gasteiger partial charge in [0.2, 0.25) is 0 Å². The molecule has 0 aliphatic rings. The lowest BCUT2D eigenvalue weighted by Crippen LogP contribution is -2.19. The van der Waals surface area contributed by atoms with Crippen LogP contribution in [0.1, 0.15) is 30.6 Å². The van der Waals surface area contributed by atoms with Crippen molar-refractivity contribution in [2.24, 2.45) is 5.92 Å². The number of benzene rings is 1. The van der Waals surface area contributed by atoms with Crippen LogP contribution in [0.3, 0.4) is 0 Å². The molecule has 0 aromatic heterocycles. The molecular weight excluding hydrogens is 202 g/mol. The summed E-state index contributed by atoms with van der Waals surface area (Å²) in [6, 6.07) is 6.99. The van der Waals surface area contributed by atoms with E-state index in [2.05, 4.69) is 18.7 Å². The minimum absolute atomic E-state index is 0.334. The number of carboxylic acid groups (broad SMARTS) is 1. The highest BCUT2D eigenvalue weighted by Gasteiger charge is 2.05. The van der Waals surface area contributed by atoms with Crippen LogP contribution in [0.25, 0.3) is 0 Å². The summed E-state index contributed by atoms with van der Waals surface area (Å²) in [7, 11) is 2.03. The SMILES string of the molecule is CC(C)CCN(C)c1ccc(C(=O)O)cc1. The molecule has 0 aliphatic heterocycles. The third-order valence-corrected chi connectivity index (χ3v) is 2.60. The van der Waals surface area contributed by atoms with Crippen LogP contribution in [0.5, 0.6) is 0 Å². The molecule has 1 aromatic carbocycles. The van der Waals surface area contributed by atoms with E-state index in [0.29, 0.717) is 11.5 Å². The fraction of sp³-hybridized carbons (Fsp3) is 0.462. The van der Waals surface area contributed by atoms with Gasteiger partial charge in [-0.3, -0.25) is 0 Å². The van der Waals surface area contributed by atoms with E-state index >= 15 is 0 Å². The van der Waals surface area contributed by atoms with Crippen molar-refractivity contribution in [1.82, 2.24) is 0 Å². The molecule has 0 bridgehead atoms. The van der Waals surface area contributed by atoms with Crippen LogP contribution in [0.2, 0.25) is 0 Å². The average Bonchev–Trinajstić information content (AvgIpc) is 2.26. The van der Waals surface area contributed by atoms with Crippen molar-refractivity contribution in [3.8, 4) is 0 Å². The first kappa shape index (κ1) is 12.6. The van der Waals surface area contributed by atoms with Crippen molar-refractivity contribution >= 4 is 11.7 Å². The Hall–Kier alpha value is -1.51. The molecule has 0 atom stereocenters. The fourth-order valence-electron chi connectivity index (χ4n) is 1.44. The van der Waals surface area contributed by atoms with Crippen LogP contribution in [-0.4, -0.2) is 24.7 Å². The lowest BCUT2D eigenvalue weighted by Gasteiger charge is -2.20. The quantitative estimate of drug-likeness (QED) is 0.831. The average molecular weight is 221 g/mol. The summed E-state index contributed by atoms with van der Waals surface area (Å²) < 4.78 is 0. The standard InChI is InChI=1S/C13H19NO2/c1-10(2)8-9-14(3)12-6-4-11(5-7-12)13(15)16/h4-7,10H,8-9H2,1-3H3,(H,15,16). The normalized spacial score (nSPS) is 10.5. The summed E-state index contributed by atoms with van der Waals surface area (Å²) in [5, 5.41) is 8.78. The molecule has 1 N–H and O–H groups in total. The minimum atomic E-state index is -0.878. The summed E-state index contributed by atoms with van der Waals surface area (Å²) in [4.78, 5) is 12.8. The molecule has 88 valence electrons. The number of hydrogen-bond acceptors (Lipinski definition) is 2. The zero-order chi connectivity index (χ0) is 12.1. The van der Waals surface area contributed by atoms with Gasteiger partial charge in [-0.15, -0.1) is 0 Å². The number of carbonyl (C=O) groups is 1. The van der Waals surface area contributed by atoms with Gasteiger partial charge in [-0.05, 0) is 36.6 Å². The Morgan fingerprint density at radius 1 is 1.31 bits per heavy atom. The summed E-state index contributed by atoms with van der Waals surface area (Å²) in [6.45, 7) is 5.38. The van der Waals surface area contributed by atoms with Crippen molar-refractivity contribution in [2.75, 3.05) is 18.5 Å². The van der Waals surface area contributed by atoms with Gasteiger partial charge < -0.3 is 10.0 Å². The van der Waals surface area contributed by atoms with Crippen LogP contribution >= 0.6 is 0 Å². The molecule has 0 unspecified atom stereocenters. The highest BCUT2D eigenvalue weighted by molar-refractivity contribution is 5.88. The van der Waals surface area contributed by atoms with Gasteiger partial charge in [-0.1, -0.05) is 13.8 Å². The van der Waals surface area contributed by atoms with Gasteiger partial charge in [0.1, 0.15) is 0 Å². The molecule has 16 heavy (non-hydrogen) atoms. The maximum atomic E-state index is 10.7. The molecule has 0 saturated carbocycles. The zero-order valence-corrected chi connectivity index (χ0v) is 10.1. The van der Waals surface area contributed by atoms with E-state index in [1.165, 1.54) is 0 Å². The number of anilines is 1. The smallest absolute Gasteiger partial charge is 0.335 e. The second-order valence-corrected chi connectivity index (χ2v) is 4.46. The van der Waals surface area contributed by atoms with Crippen LogP contribution < -0.4 is 4.90 Å². The molecule has 0 aliphatic carbocycles. The molecule has 0 saturated heterocycles. The van der Waals surface area contributed by atoms with Gasteiger partial charge >= 0.3 is 5.97 Å². The van der Waals surface area contributed by atoms with Crippen molar-refractivity contribution in [3.05, 3.63) is 29.8 Å². The molecule has 0 heterocycles. The van der Waals surface area contributed by atoms with Crippen LogP contribution in [0.15, 0.2) is 24.3 Å². The van der Waals surface area contributed by atoms with Crippen molar-refractivity contribution in [1.29, 1.82) is 0 Å². The minimum Gasteiger partial charge on any atom is -0.478 e. The number of rotatable bonds is 5. The van der Waals surface area contributed by atoms with E-state index in [1.807, 2.05) is 19.2 Å². The van der Waals surface area contributed by atoms with Gasteiger partial charge in [0.25, 0.3) is 0 Å². The molecule has 3 heteroatoms. The van der Waals surface area contributed by atoms with Gasteiger partial charge in [-0.2, -0.15) is 0 Å². The third-order valence-electron chi connectivity index (χ3n) is 2.60. The Morgan fingerprint density at radius 3 is 2.31 bits per heavy atom. The summed E-state index contributed by atoms with van der Waals surface area (Å²) in [5.74, 6) is -0.197. The highest BCUT2D eigenvalue weighted by atomic mass is 16.4. The maximum absolute atomic E-state index is 10.7. The maximum Gasteiger partial charge on any atom is 0.335 e. The molecule has 0 fully saturated rings. The number of carboxylic acids is 1. The first-order valence-corrected chi connectivity index (χ1v) is 5.55. The number of hydrogen-bond donors (Lipinski definition) is 1. The summed E-state index contributed by atoms with van der Waals surface area (Å²) >= 11 is 0. The molecular formula is C13H19NO2. The van der Waals surface area contributed by atoms with Crippen molar-refractivity contribution in [3.63, 3.8) is 0 Å². The largest absolute Gasteiger partial charge is 0.478 e. The Morgan fingerprint density at radius 2 is 1.88 bits per heavy atom. The second kappa shape index (κ2) is 5.54. The first-order chi connectivity index (χ1) is 7.50. The predicted octanol–water partition coefficient (Wildman–Crippen LogP) is 2.87. The van der Waals surface area contributed by atoms with Gasteiger partial charge in [0.05, 0.1) is 5.56 Å². The third kappa shape index (κ3) is 3.57. The molecule has 0 radical (unpaired) electrons. The van der Waals surface area contributed by atoms with Crippen molar-refractivity contribution < 1.29 is 9.90 Å². The van der Waals surface area contributed by atoms with Gasteiger partial charge in [-0.25, -0.2) is 4.79 Å². The Bertz CT molecular complexity index is 343. The van der Waals surface area contributed by atoms with Gasteiger partial charge in [0, 0.05) is 19.3 Å². The lowest BCUT2D eigenvalue weighted by atomic mass is 10.1. The zero-order valence-electron chi connectivity index (χ0n) is 10.1. The number of aromatic carboxylic acids is 1. The van der Waals surface area contributed by atoms with Crippen LogP contribution in [-0.2, 0) is 0 Å². The molecule has 3 nitrogen and oxygen atoms in total. The van der Waals surface area contributed by atoms with Crippen molar-refractivity contribution in [2.45, 2.75) is 20.3 Å². The van der Waals surface area contributed by atoms with E-state index in [4.69, 9.17) is 5.11 Å². The Labute approximate surface area is 96.7 Å². The fourth-order valence-corrected chi connectivity index (χ4v) is 1.44. The molecule has 0 spiro atoms. The highest BCUT2D eigenvalue weighted by Crippen LogP contribution is 2.15. The van der Waals surface area contributed by atoms with E-state index in [1.54, 1.807) is 12.1 Å². The summed E-state index contributed by atoms with van der Waals surface area (Å²) in [5.41, 5.74) is 1.40.